The Bertz CT molecular complexity index is 1140. The molecule has 3 aromatic rings. The molecule has 1 unspecified atom stereocenters. The average Bonchev–Trinajstić information content (AvgIpc) is 2.74. The summed E-state index contributed by atoms with van der Waals surface area (Å²) in [6.45, 7) is 2.08. The Kier molecular flexibility index (Phi) is 5.08. The summed E-state index contributed by atoms with van der Waals surface area (Å²) in [5.74, 6) is -0.219. The summed E-state index contributed by atoms with van der Waals surface area (Å²) in [4.78, 5) is 12.7. The van der Waals surface area contributed by atoms with Crippen LogP contribution in [0.25, 0.3) is 0 Å². The first kappa shape index (κ1) is 19.2. The third kappa shape index (κ3) is 4.01. The molecular weight excluding hydrogens is 386 g/mol. The molecule has 3 N–H and O–H groups in total. The molecule has 6 nitrogen and oxygen atoms in total. The predicted octanol–water partition coefficient (Wildman–Crippen LogP) is 3.90. The molecule has 0 radical (unpaired) electrons. The first-order valence-electron chi connectivity index (χ1n) is 9.34. The van der Waals surface area contributed by atoms with Gasteiger partial charge in [0.2, 0.25) is 10.0 Å². The summed E-state index contributed by atoms with van der Waals surface area (Å²) < 4.78 is 27.6. The minimum absolute atomic E-state index is 0.219. The highest BCUT2D eigenvalue weighted by atomic mass is 32.2. The highest BCUT2D eigenvalue weighted by Gasteiger charge is 2.29. The molecule has 0 spiro atoms. The van der Waals surface area contributed by atoms with E-state index in [-0.39, 0.29) is 10.8 Å². The lowest BCUT2D eigenvalue weighted by atomic mass is 10.1. The molecule has 0 aliphatic carbocycles. The van der Waals surface area contributed by atoms with Crippen molar-refractivity contribution in [1.29, 1.82) is 0 Å². The average molecular weight is 407 g/mol. The smallest absolute Gasteiger partial charge is 0.255 e. The lowest BCUT2D eigenvalue weighted by Crippen LogP contribution is -2.38. The molecular formula is C22H21N3O3S. The van der Waals surface area contributed by atoms with Gasteiger partial charge in [0, 0.05) is 11.3 Å². The molecule has 0 fully saturated rings. The Hall–Kier alpha value is -3.16. The van der Waals surface area contributed by atoms with Crippen molar-refractivity contribution in [2.45, 2.75) is 24.4 Å². The van der Waals surface area contributed by atoms with Gasteiger partial charge < -0.3 is 10.6 Å². The van der Waals surface area contributed by atoms with Crippen molar-refractivity contribution < 1.29 is 13.2 Å². The Balaban J connectivity index is 1.50. The first-order chi connectivity index (χ1) is 14.0. The van der Waals surface area contributed by atoms with Gasteiger partial charge in [0.05, 0.1) is 5.69 Å². The maximum absolute atomic E-state index is 12.5. The van der Waals surface area contributed by atoms with Crippen molar-refractivity contribution in [3.05, 3.63) is 89.5 Å². The molecule has 0 aromatic heterocycles. The second-order valence-electron chi connectivity index (χ2n) is 6.82. The number of carbonyl (C=O) groups excluding carboxylic acids is 1. The monoisotopic (exact) mass is 407 g/mol. The van der Waals surface area contributed by atoms with E-state index >= 15 is 0 Å². The molecule has 0 bridgehead atoms. The van der Waals surface area contributed by atoms with Crippen molar-refractivity contribution in [3.8, 4) is 0 Å². The van der Waals surface area contributed by atoms with Crippen molar-refractivity contribution in [2.24, 2.45) is 0 Å². The highest BCUT2D eigenvalue weighted by molar-refractivity contribution is 7.89. The minimum atomic E-state index is -3.60. The number of hydrogen-bond acceptors (Lipinski definition) is 4. The van der Waals surface area contributed by atoms with Gasteiger partial charge in [-0.3, -0.25) is 4.79 Å². The van der Waals surface area contributed by atoms with E-state index in [2.05, 4.69) is 22.3 Å². The fourth-order valence-electron chi connectivity index (χ4n) is 3.23. The van der Waals surface area contributed by atoms with Gasteiger partial charge in [-0.1, -0.05) is 43.3 Å². The molecule has 29 heavy (non-hydrogen) atoms. The Morgan fingerprint density at radius 2 is 1.66 bits per heavy atom. The summed E-state index contributed by atoms with van der Waals surface area (Å²) in [5, 5.41) is 6.05. The molecule has 0 saturated carbocycles. The maximum atomic E-state index is 12.5. The van der Waals surface area contributed by atoms with E-state index in [9.17, 15) is 13.2 Å². The molecule has 7 heteroatoms. The van der Waals surface area contributed by atoms with Gasteiger partial charge in [-0.2, -0.15) is 4.72 Å². The number of hydrogen-bond donors (Lipinski definition) is 3. The van der Waals surface area contributed by atoms with E-state index in [4.69, 9.17) is 0 Å². The van der Waals surface area contributed by atoms with Crippen LogP contribution in [0.1, 0.15) is 34.6 Å². The number of rotatable bonds is 4. The number of benzene rings is 3. The van der Waals surface area contributed by atoms with Crippen LogP contribution in [-0.4, -0.2) is 14.3 Å². The van der Waals surface area contributed by atoms with Crippen LogP contribution >= 0.6 is 0 Å². The van der Waals surface area contributed by atoms with Gasteiger partial charge >= 0.3 is 0 Å². The van der Waals surface area contributed by atoms with Crippen molar-refractivity contribution in [3.63, 3.8) is 0 Å². The third-order valence-corrected chi connectivity index (χ3v) is 6.36. The van der Waals surface area contributed by atoms with E-state index < -0.39 is 16.2 Å². The minimum Gasteiger partial charge on any atom is -0.364 e. The zero-order valence-corrected chi connectivity index (χ0v) is 16.7. The number of nitrogens with one attached hydrogen (secondary N) is 3. The van der Waals surface area contributed by atoms with E-state index in [1.165, 1.54) is 5.56 Å². The largest absolute Gasteiger partial charge is 0.364 e. The standard InChI is InChI=1S/C22H21N3O3S/c1-2-15-7-13-18(14-8-15)23-22(26)17-11-9-16(10-12-17)21-24-19-5-3-4-6-20(19)29(27,28)25-21/h3-14,21,24-25H,2H2,1H3,(H,23,26). The third-order valence-electron chi connectivity index (χ3n) is 4.88. The van der Waals surface area contributed by atoms with Crippen molar-refractivity contribution in [2.75, 3.05) is 10.6 Å². The number of anilines is 2. The Morgan fingerprint density at radius 1 is 0.966 bits per heavy atom. The van der Waals surface area contributed by atoms with Crippen molar-refractivity contribution in [1.82, 2.24) is 4.72 Å². The summed E-state index contributed by atoms with van der Waals surface area (Å²) in [5.41, 5.74) is 3.69. The van der Waals surface area contributed by atoms with Gasteiger partial charge in [0.1, 0.15) is 11.1 Å². The molecule has 1 heterocycles. The fraction of sp³-hybridized carbons (Fsp3) is 0.136. The number of aryl methyl sites for hydroxylation is 1. The van der Waals surface area contributed by atoms with Gasteiger partial charge in [-0.15, -0.1) is 0 Å². The van der Waals surface area contributed by atoms with Crippen LogP contribution in [0.15, 0.2) is 77.7 Å². The molecule has 0 saturated heterocycles. The van der Waals surface area contributed by atoms with Gasteiger partial charge in [-0.05, 0) is 53.9 Å². The van der Waals surface area contributed by atoms with Crippen LogP contribution in [-0.2, 0) is 16.4 Å². The number of carbonyl (C=O) groups is 1. The second kappa shape index (κ2) is 7.69. The highest BCUT2D eigenvalue weighted by Crippen LogP contribution is 2.30. The zero-order valence-electron chi connectivity index (χ0n) is 15.8. The van der Waals surface area contributed by atoms with Crippen molar-refractivity contribution >= 4 is 27.3 Å². The van der Waals surface area contributed by atoms with Crippen LogP contribution < -0.4 is 15.4 Å². The van der Waals surface area contributed by atoms with Crippen LogP contribution in [0.5, 0.6) is 0 Å². The quantitative estimate of drug-likeness (QED) is 0.612. The SMILES string of the molecule is CCc1ccc(NC(=O)c2ccc(C3Nc4ccccc4S(=O)(=O)N3)cc2)cc1. The van der Waals surface area contributed by atoms with Crippen LogP contribution in [0, 0.1) is 0 Å². The Labute approximate surface area is 170 Å². The van der Waals surface area contributed by atoms with Gasteiger partial charge in [0.25, 0.3) is 5.91 Å². The first-order valence-corrected chi connectivity index (χ1v) is 10.8. The van der Waals surface area contributed by atoms with E-state index in [0.29, 0.717) is 16.8 Å². The van der Waals surface area contributed by atoms with Gasteiger partial charge in [-0.25, -0.2) is 8.42 Å². The number of fused-ring (bicyclic) bond motifs is 1. The van der Waals surface area contributed by atoms with E-state index in [1.807, 2.05) is 24.3 Å². The lowest BCUT2D eigenvalue weighted by molar-refractivity contribution is 0.102. The molecule has 4 rings (SSSR count). The topological polar surface area (TPSA) is 87.3 Å². The number of amides is 1. The van der Waals surface area contributed by atoms with E-state index in [0.717, 1.165) is 12.1 Å². The number of para-hydroxylation sites is 1. The van der Waals surface area contributed by atoms with Crippen LogP contribution in [0.3, 0.4) is 0 Å². The fourth-order valence-corrected chi connectivity index (χ4v) is 4.54. The molecule has 1 aliphatic heterocycles. The lowest BCUT2D eigenvalue weighted by Gasteiger charge is -2.28. The zero-order chi connectivity index (χ0) is 20.4. The predicted molar refractivity (Wildman–Crippen MR) is 113 cm³/mol. The summed E-state index contributed by atoms with van der Waals surface area (Å²) >= 11 is 0. The number of sulfonamides is 1. The van der Waals surface area contributed by atoms with Crippen LogP contribution in [0.4, 0.5) is 11.4 Å². The van der Waals surface area contributed by atoms with Crippen LogP contribution in [0.2, 0.25) is 0 Å². The second-order valence-corrected chi connectivity index (χ2v) is 8.50. The summed E-state index contributed by atoms with van der Waals surface area (Å²) in [7, 11) is -3.60. The maximum Gasteiger partial charge on any atom is 0.255 e. The molecule has 1 aliphatic rings. The Morgan fingerprint density at radius 3 is 2.34 bits per heavy atom. The summed E-state index contributed by atoms with van der Waals surface area (Å²) in [6.07, 6.45) is 0.340. The molecule has 3 aromatic carbocycles. The summed E-state index contributed by atoms with van der Waals surface area (Å²) in [6, 6.07) is 21.3. The molecule has 1 amide bonds. The normalized spacial score (nSPS) is 17.1. The molecule has 148 valence electrons. The van der Waals surface area contributed by atoms with Gasteiger partial charge in [0.15, 0.2) is 0 Å². The van der Waals surface area contributed by atoms with E-state index in [1.54, 1.807) is 48.5 Å². The molecule has 1 atom stereocenters.